The third kappa shape index (κ3) is 2.67. The van der Waals surface area contributed by atoms with E-state index in [1.807, 2.05) is 11.5 Å². The number of H-pyrrole nitrogens is 1. The average molecular weight is 280 g/mol. The molecule has 2 aromatic rings. The van der Waals surface area contributed by atoms with Crippen molar-refractivity contribution in [2.24, 2.45) is 7.05 Å². The third-order valence-electron chi connectivity index (χ3n) is 3.49. The number of rotatable bonds is 6. The number of hydrogen-bond donors (Lipinski definition) is 2. The van der Waals surface area contributed by atoms with Crippen LogP contribution < -0.4 is 11.2 Å². The van der Waals surface area contributed by atoms with Gasteiger partial charge in [0.15, 0.2) is 11.2 Å². The highest BCUT2D eigenvalue weighted by molar-refractivity contribution is 5.70. The Morgan fingerprint density at radius 3 is 2.60 bits per heavy atom. The number of nitrogens with zero attached hydrogens (tertiary/aromatic N) is 3. The second-order valence-electron chi connectivity index (χ2n) is 4.94. The quantitative estimate of drug-likeness (QED) is 0.743. The lowest BCUT2D eigenvalue weighted by Gasteiger charge is -2.06. The molecule has 0 unspecified atom stereocenters. The van der Waals surface area contributed by atoms with Gasteiger partial charge in [0.25, 0.3) is 5.56 Å². The lowest BCUT2D eigenvalue weighted by Crippen LogP contribution is -2.29. The molecular weight excluding hydrogens is 260 g/mol. The van der Waals surface area contributed by atoms with E-state index in [2.05, 4.69) is 9.97 Å². The fourth-order valence-corrected chi connectivity index (χ4v) is 2.35. The van der Waals surface area contributed by atoms with Crippen LogP contribution in [-0.2, 0) is 13.6 Å². The molecule has 0 aliphatic carbocycles. The van der Waals surface area contributed by atoms with E-state index in [0.717, 1.165) is 31.5 Å². The van der Waals surface area contributed by atoms with Crippen LogP contribution >= 0.6 is 0 Å². The van der Waals surface area contributed by atoms with Crippen LogP contribution in [0.4, 0.5) is 0 Å². The topological polar surface area (TPSA) is 92.9 Å². The summed E-state index contributed by atoms with van der Waals surface area (Å²) >= 11 is 0. The van der Waals surface area contributed by atoms with Gasteiger partial charge in [-0.3, -0.25) is 14.3 Å². The summed E-state index contributed by atoms with van der Waals surface area (Å²) in [4.78, 5) is 30.1. The zero-order chi connectivity index (χ0) is 14.7. The van der Waals surface area contributed by atoms with Crippen molar-refractivity contribution >= 4 is 11.2 Å². The maximum absolute atomic E-state index is 12.0. The van der Waals surface area contributed by atoms with E-state index in [4.69, 9.17) is 5.11 Å². The average Bonchev–Trinajstić information content (AvgIpc) is 2.74. The first-order valence-electron chi connectivity index (χ1n) is 6.83. The van der Waals surface area contributed by atoms with Gasteiger partial charge in [0.1, 0.15) is 5.82 Å². The Morgan fingerprint density at radius 1 is 1.20 bits per heavy atom. The van der Waals surface area contributed by atoms with E-state index in [-0.39, 0.29) is 12.2 Å². The summed E-state index contributed by atoms with van der Waals surface area (Å²) < 4.78 is 3.21. The maximum atomic E-state index is 12.0. The molecule has 2 heterocycles. The first-order chi connectivity index (χ1) is 9.56. The summed E-state index contributed by atoms with van der Waals surface area (Å²) in [5.41, 5.74) is 0.0347. The number of fused-ring (bicyclic) bond motifs is 1. The SMILES string of the molecule is Cc1nc2c(c(=O)[nH]c(=O)n2C)n1CCCCCCO. The number of aliphatic hydroxyl groups excluding tert-OH is 1. The van der Waals surface area contributed by atoms with Crippen molar-refractivity contribution in [3.63, 3.8) is 0 Å². The van der Waals surface area contributed by atoms with Gasteiger partial charge in [0, 0.05) is 20.2 Å². The van der Waals surface area contributed by atoms with Crippen molar-refractivity contribution in [3.05, 3.63) is 26.7 Å². The van der Waals surface area contributed by atoms with E-state index in [1.165, 1.54) is 4.57 Å². The van der Waals surface area contributed by atoms with E-state index < -0.39 is 5.69 Å². The Labute approximate surface area is 115 Å². The number of aryl methyl sites for hydroxylation is 3. The molecule has 0 fully saturated rings. The highest BCUT2D eigenvalue weighted by atomic mass is 16.3. The van der Waals surface area contributed by atoms with Crippen LogP contribution in [-0.4, -0.2) is 30.8 Å². The smallest absolute Gasteiger partial charge is 0.329 e. The Kier molecular flexibility index (Phi) is 4.39. The van der Waals surface area contributed by atoms with Gasteiger partial charge in [-0.25, -0.2) is 9.78 Å². The second-order valence-corrected chi connectivity index (χ2v) is 4.94. The highest BCUT2D eigenvalue weighted by Gasteiger charge is 2.14. The normalized spacial score (nSPS) is 11.3. The van der Waals surface area contributed by atoms with Crippen molar-refractivity contribution < 1.29 is 5.11 Å². The molecule has 2 N–H and O–H groups in total. The molecule has 0 spiro atoms. The molecule has 0 saturated carbocycles. The summed E-state index contributed by atoms with van der Waals surface area (Å²) in [5.74, 6) is 0.730. The molecule has 0 radical (unpaired) electrons. The molecule has 20 heavy (non-hydrogen) atoms. The fourth-order valence-electron chi connectivity index (χ4n) is 2.35. The Morgan fingerprint density at radius 2 is 1.90 bits per heavy atom. The van der Waals surface area contributed by atoms with Crippen LogP contribution in [0.3, 0.4) is 0 Å². The van der Waals surface area contributed by atoms with E-state index >= 15 is 0 Å². The Bertz CT molecular complexity index is 711. The van der Waals surface area contributed by atoms with Gasteiger partial charge < -0.3 is 9.67 Å². The van der Waals surface area contributed by atoms with Gasteiger partial charge in [-0.05, 0) is 19.8 Å². The molecule has 2 aromatic heterocycles. The number of hydrogen-bond acceptors (Lipinski definition) is 4. The monoisotopic (exact) mass is 280 g/mol. The van der Waals surface area contributed by atoms with Crippen molar-refractivity contribution in [2.75, 3.05) is 6.61 Å². The summed E-state index contributed by atoms with van der Waals surface area (Å²) in [5, 5.41) is 8.73. The Hall–Kier alpha value is -1.89. The Balaban J connectivity index is 2.30. The highest BCUT2D eigenvalue weighted by Crippen LogP contribution is 2.12. The predicted molar refractivity (Wildman–Crippen MR) is 75.9 cm³/mol. The molecule has 0 aliphatic rings. The fraction of sp³-hybridized carbons (Fsp3) is 0.615. The molecule has 110 valence electrons. The van der Waals surface area contributed by atoms with Crippen LogP contribution in [0.15, 0.2) is 9.59 Å². The number of aliphatic hydroxyl groups is 1. The van der Waals surface area contributed by atoms with E-state index in [1.54, 1.807) is 7.05 Å². The van der Waals surface area contributed by atoms with Gasteiger partial charge >= 0.3 is 5.69 Å². The van der Waals surface area contributed by atoms with E-state index in [0.29, 0.717) is 17.7 Å². The van der Waals surface area contributed by atoms with Crippen LogP contribution in [0.5, 0.6) is 0 Å². The molecule has 0 amide bonds. The molecule has 2 rings (SSSR count). The minimum atomic E-state index is -0.449. The van der Waals surface area contributed by atoms with E-state index in [9.17, 15) is 9.59 Å². The lowest BCUT2D eigenvalue weighted by atomic mass is 10.2. The van der Waals surface area contributed by atoms with Crippen LogP contribution in [0, 0.1) is 6.92 Å². The summed E-state index contributed by atoms with van der Waals surface area (Å²) in [6.45, 7) is 2.74. The van der Waals surface area contributed by atoms with Crippen LogP contribution in [0.1, 0.15) is 31.5 Å². The van der Waals surface area contributed by atoms with Gasteiger partial charge in [0.2, 0.25) is 0 Å². The van der Waals surface area contributed by atoms with Gasteiger partial charge in [-0.15, -0.1) is 0 Å². The maximum Gasteiger partial charge on any atom is 0.329 e. The van der Waals surface area contributed by atoms with Crippen molar-refractivity contribution in [1.82, 2.24) is 19.1 Å². The molecule has 0 aliphatic heterocycles. The van der Waals surface area contributed by atoms with Crippen molar-refractivity contribution in [2.45, 2.75) is 39.2 Å². The zero-order valence-corrected chi connectivity index (χ0v) is 11.8. The summed E-state index contributed by atoms with van der Waals surface area (Å²) in [6, 6.07) is 0. The summed E-state index contributed by atoms with van der Waals surface area (Å²) in [7, 11) is 1.60. The molecule has 0 aromatic carbocycles. The van der Waals surface area contributed by atoms with Crippen molar-refractivity contribution in [1.29, 1.82) is 0 Å². The third-order valence-corrected chi connectivity index (χ3v) is 3.49. The first-order valence-corrected chi connectivity index (χ1v) is 6.83. The van der Waals surface area contributed by atoms with Gasteiger partial charge in [-0.2, -0.15) is 0 Å². The minimum absolute atomic E-state index is 0.217. The standard InChI is InChI=1S/C13H20N4O3/c1-9-14-11-10(12(19)15-13(20)16(11)2)17(9)7-5-3-4-6-8-18/h18H,3-8H2,1-2H3,(H,15,19,20). The first kappa shape index (κ1) is 14.5. The number of unbranched alkanes of at least 4 members (excludes halogenated alkanes) is 3. The number of imidazole rings is 1. The van der Waals surface area contributed by atoms with Crippen LogP contribution in [0.2, 0.25) is 0 Å². The largest absolute Gasteiger partial charge is 0.396 e. The lowest BCUT2D eigenvalue weighted by molar-refractivity contribution is 0.282. The summed E-state index contributed by atoms with van der Waals surface area (Å²) in [6.07, 6.45) is 3.67. The second kappa shape index (κ2) is 6.04. The van der Waals surface area contributed by atoms with Gasteiger partial charge in [-0.1, -0.05) is 12.8 Å². The molecule has 7 nitrogen and oxygen atoms in total. The van der Waals surface area contributed by atoms with Crippen molar-refractivity contribution in [3.8, 4) is 0 Å². The molecule has 0 bridgehead atoms. The molecular formula is C13H20N4O3. The predicted octanol–water partition coefficient (Wildman–Crippen LogP) is 0.284. The minimum Gasteiger partial charge on any atom is -0.396 e. The molecule has 0 saturated heterocycles. The van der Waals surface area contributed by atoms with Crippen LogP contribution in [0.25, 0.3) is 11.2 Å². The molecule has 0 atom stereocenters. The van der Waals surface area contributed by atoms with Gasteiger partial charge in [0.05, 0.1) is 0 Å². The number of aromatic nitrogens is 4. The number of nitrogens with one attached hydrogen (secondary N) is 1. The number of aromatic amines is 1. The molecule has 7 heteroatoms. The zero-order valence-electron chi connectivity index (χ0n) is 11.8.